The third-order valence-corrected chi connectivity index (χ3v) is 4.54. The first kappa shape index (κ1) is 18.9. The number of anilines is 1. The van der Waals surface area contributed by atoms with Crippen LogP contribution in [-0.4, -0.2) is 42.5 Å². The molecule has 0 aromatic heterocycles. The van der Waals surface area contributed by atoms with Crippen LogP contribution >= 0.6 is 0 Å². The molecule has 0 aliphatic carbocycles. The van der Waals surface area contributed by atoms with E-state index in [-0.39, 0.29) is 29.2 Å². The Bertz CT molecular complexity index is 649. The quantitative estimate of drug-likeness (QED) is 0.448. The van der Waals surface area contributed by atoms with Gasteiger partial charge in [-0.25, -0.2) is 0 Å². The van der Waals surface area contributed by atoms with E-state index >= 15 is 0 Å². The van der Waals surface area contributed by atoms with Crippen LogP contribution in [0.3, 0.4) is 0 Å². The van der Waals surface area contributed by atoms with E-state index in [1.54, 1.807) is 26.0 Å². The first-order valence-electron chi connectivity index (χ1n) is 8.49. The van der Waals surface area contributed by atoms with Crippen molar-refractivity contribution in [2.75, 3.05) is 25.0 Å². The van der Waals surface area contributed by atoms with E-state index in [0.717, 1.165) is 24.3 Å². The van der Waals surface area contributed by atoms with Crippen molar-refractivity contribution < 1.29 is 24.1 Å². The SMILES string of the molecule is CCOC(=O)[C@H]1CCC[NH+]([C@@H](C)C(=O)Nc2ccccc2[N+](=O)[O-])C1. The van der Waals surface area contributed by atoms with Crippen LogP contribution in [0.15, 0.2) is 24.3 Å². The summed E-state index contributed by atoms with van der Waals surface area (Å²) in [6, 6.07) is 5.63. The van der Waals surface area contributed by atoms with E-state index < -0.39 is 11.0 Å². The van der Waals surface area contributed by atoms with Crippen molar-refractivity contribution in [3.05, 3.63) is 34.4 Å². The van der Waals surface area contributed by atoms with Crippen molar-refractivity contribution in [3.8, 4) is 0 Å². The number of carbonyl (C=O) groups is 2. The Hall–Kier alpha value is -2.48. The lowest BCUT2D eigenvalue weighted by Gasteiger charge is -2.32. The highest BCUT2D eigenvalue weighted by Crippen LogP contribution is 2.23. The van der Waals surface area contributed by atoms with Gasteiger partial charge in [0.25, 0.3) is 11.6 Å². The fraction of sp³-hybridized carbons (Fsp3) is 0.529. The zero-order valence-electron chi connectivity index (χ0n) is 14.5. The van der Waals surface area contributed by atoms with Crippen LogP contribution in [-0.2, 0) is 14.3 Å². The van der Waals surface area contributed by atoms with Gasteiger partial charge in [-0.15, -0.1) is 0 Å². The zero-order chi connectivity index (χ0) is 18.4. The lowest BCUT2D eigenvalue weighted by molar-refractivity contribution is -0.921. The van der Waals surface area contributed by atoms with E-state index in [0.29, 0.717) is 13.2 Å². The highest BCUT2D eigenvalue weighted by molar-refractivity contribution is 5.95. The second kappa shape index (κ2) is 8.57. The fourth-order valence-corrected chi connectivity index (χ4v) is 3.12. The van der Waals surface area contributed by atoms with Gasteiger partial charge >= 0.3 is 5.97 Å². The van der Waals surface area contributed by atoms with Gasteiger partial charge in [-0.2, -0.15) is 0 Å². The van der Waals surface area contributed by atoms with Crippen molar-refractivity contribution in [3.63, 3.8) is 0 Å². The second-order valence-electron chi connectivity index (χ2n) is 6.19. The summed E-state index contributed by atoms with van der Waals surface area (Å²) < 4.78 is 5.08. The predicted molar refractivity (Wildman–Crippen MR) is 91.2 cm³/mol. The molecule has 136 valence electrons. The fourth-order valence-electron chi connectivity index (χ4n) is 3.12. The van der Waals surface area contributed by atoms with Gasteiger partial charge in [0.2, 0.25) is 0 Å². The largest absolute Gasteiger partial charge is 0.466 e. The zero-order valence-corrected chi connectivity index (χ0v) is 14.5. The van der Waals surface area contributed by atoms with Crippen LogP contribution in [0.4, 0.5) is 11.4 Å². The molecular formula is C17H24N3O5+. The normalized spacial score (nSPS) is 21.2. The van der Waals surface area contributed by atoms with E-state index in [1.165, 1.54) is 12.1 Å². The van der Waals surface area contributed by atoms with Gasteiger partial charge < -0.3 is 15.0 Å². The number of hydrogen-bond acceptors (Lipinski definition) is 5. The molecule has 3 atom stereocenters. The molecule has 0 bridgehead atoms. The van der Waals surface area contributed by atoms with E-state index in [2.05, 4.69) is 5.32 Å². The Morgan fingerprint density at radius 3 is 2.84 bits per heavy atom. The van der Waals surface area contributed by atoms with Crippen LogP contribution < -0.4 is 10.2 Å². The number of ether oxygens (including phenoxy) is 1. The van der Waals surface area contributed by atoms with Gasteiger partial charge in [0.15, 0.2) is 6.04 Å². The minimum atomic E-state index is -0.523. The summed E-state index contributed by atoms with van der Waals surface area (Å²) in [6.07, 6.45) is 1.60. The molecule has 1 amide bonds. The second-order valence-corrected chi connectivity index (χ2v) is 6.19. The Morgan fingerprint density at radius 1 is 1.44 bits per heavy atom. The Balaban J connectivity index is 2.02. The number of hydrogen-bond donors (Lipinski definition) is 2. The number of rotatable bonds is 6. The molecule has 1 aliphatic heterocycles. The van der Waals surface area contributed by atoms with Crippen LogP contribution in [0.5, 0.6) is 0 Å². The Morgan fingerprint density at radius 2 is 2.16 bits per heavy atom. The third kappa shape index (κ3) is 4.76. The van der Waals surface area contributed by atoms with Crippen molar-refractivity contribution in [2.24, 2.45) is 5.92 Å². The van der Waals surface area contributed by atoms with Crippen molar-refractivity contribution >= 4 is 23.3 Å². The molecular weight excluding hydrogens is 326 g/mol. The molecule has 1 aliphatic rings. The minimum Gasteiger partial charge on any atom is -0.466 e. The molecule has 0 radical (unpaired) electrons. The van der Waals surface area contributed by atoms with Crippen molar-refractivity contribution in [1.29, 1.82) is 0 Å². The number of likely N-dealkylation sites (tertiary alicyclic amines) is 1. The topological polar surface area (TPSA) is 103 Å². The predicted octanol–water partition coefficient (Wildman–Crippen LogP) is 0.780. The van der Waals surface area contributed by atoms with Gasteiger partial charge in [-0.05, 0) is 32.8 Å². The molecule has 25 heavy (non-hydrogen) atoms. The molecule has 1 heterocycles. The van der Waals surface area contributed by atoms with Crippen molar-refractivity contribution in [2.45, 2.75) is 32.7 Å². The molecule has 1 fully saturated rings. The van der Waals surface area contributed by atoms with E-state index in [4.69, 9.17) is 4.74 Å². The number of quaternary nitrogens is 1. The lowest BCUT2D eigenvalue weighted by Crippen LogP contribution is -3.18. The number of nitrogens with one attached hydrogen (secondary N) is 2. The van der Waals surface area contributed by atoms with Gasteiger partial charge in [0.05, 0.1) is 24.6 Å². The molecule has 8 nitrogen and oxygen atoms in total. The molecule has 8 heteroatoms. The van der Waals surface area contributed by atoms with Gasteiger partial charge in [-0.3, -0.25) is 19.7 Å². The van der Waals surface area contributed by atoms with Crippen molar-refractivity contribution in [1.82, 2.24) is 0 Å². The number of nitrogens with zero attached hydrogens (tertiary/aromatic N) is 1. The molecule has 2 N–H and O–H groups in total. The first-order valence-corrected chi connectivity index (χ1v) is 8.49. The van der Waals surface area contributed by atoms with Gasteiger partial charge in [0.1, 0.15) is 11.6 Å². The number of amides is 1. The minimum absolute atomic E-state index is 0.138. The lowest BCUT2D eigenvalue weighted by atomic mass is 9.97. The number of nitro groups is 1. The summed E-state index contributed by atoms with van der Waals surface area (Å²) >= 11 is 0. The van der Waals surface area contributed by atoms with E-state index in [9.17, 15) is 19.7 Å². The average Bonchev–Trinajstić information content (AvgIpc) is 2.61. The molecule has 2 rings (SSSR count). The number of piperidine rings is 1. The first-order chi connectivity index (χ1) is 11.9. The number of para-hydroxylation sites is 2. The van der Waals surface area contributed by atoms with Gasteiger partial charge in [0, 0.05) is 6.07 Å². The molecule has 0 spiro atoms. The summed E-state index contributed by atoms with van der Waals surface area (Å²) in [6.45, 7) is 5.20. The van der Waals surface area contributed by atoms with E-state index in [1.807, 2.05) is 0 Å². The van der Waals surface area contributed by atoms with Crippen LogP contribution in [0.2, 0.25) is 0 Å². The van der Waals surface area contributed by atoms with Crippen LogP contribution in [0, 0.1) is 16.0 Å². The molecule has 1 saturated heterocycles. The van der Waals surface area contributed by atoms with Crippen LogP contribution in [0.1, 0.15) is 26.7 Å². The maximum absolute atomic E-state index is 12.5. The average molecular weight is 350 g/mol. The summed E-state index contributed by atoms with van der Waals surface area (Å²) in [4.78, 5) is 36.0. The third-order valence-electron chi connectivity index (χ3n) is 4.54. The number of benzene rings is 1. The van der Waals surface area contributed by atoms with Crippen LogP contribution in [0.25, 0.3) is 0 Å². The highest BCUT2D eigenvalue weighted by Gasteiger charge is 2.35. The van der Waals surface area contributed by atoms with Gasteiger partial charge in [-0.1, -0.05) is 12.1 Å². The number of nitro benzene ring substituents is 1. The summed E-state index contributed by atoms with van der Waals surface area (Å²) in [7, 11) is 0. The number of esters is 1. The molecule has 1 unspecified atom stereocenters. The smallest absolute Gasteiger partial charge is 0.314 e. The summed E-state index contributed by atoms with van der Waals surface area (Å²) in [5.41, 5.74) is 0.0452. The number of carbonyl (C=O) groups excluding carboxylic acids is 2. The standard InChI is InChI=1S/C17H23N3O5/c1-3-25-17(22)13-7-6-10-19(11-13)12(2)16(21)18-14-8-4-5-9-15(14)20(23)24/h4-5,8-9,12-13H,3,6-7,10-11H2,1-2H3,(H,18,21)/p+1/t12-,13-/m0/s1. The maximum atomic E-state index is 12.5. The molecule has 1 aromatic carbocycles. The summed E-state index contributed by atoms with van der Waals surface area (Å²) in [5, 5.41) is 13.7. The summed E-state index contributed by atoms with van der Waals surface area (Å²) in [5.74, 6) is -0.718. The maximum Gasteiger partial charge on any atom is 0.314 e. The Kier molecular flexibility index (Phi) is 6.46. The Labute approximate surface area is 146 Å². The molecule has 0 saturated carbocycles. The monoisotopic (exact) mass is 350 g/mol. The molecule has 1 aromatic rings. The highest BCUT2D eigenvalue weighted by atomic mass is 16.6.